The number of alkyl halides is 1. The van der Waals surface area contributed by atoms with E-state index >= 15 is 0 Å². The van der Waals surface area contributed by atoms with Gasteiger partial charge in [0.05, 0.1) is 39.4 Å². The molecule has 1 saturated carbocycles. The van der Waals surface area contributed by atoms with Crippen molar-refractivity contribution < 1.29 is 19.1 Å². The Morgan fingerprint density at radius 3 is 2.43 bits per heavy atom. The third-order valence-corrected chi connectivity index (χ3v) is 10.2. The second-order valence-electron chi connectivity index (χ2n) is 10.6. The van der Waals surface area contributed by atoms with Crippen molar-refractivity contribution in [2.45, 2.75) is 70.3 Å². The SMILES string of the molecule is CC[N+](C)(CC)CCCOC(=O)c1ccc(CCC[C@@H]2[C@@H](CCc3cc(Cl)cc(Cl)c3)[C@H](O)C[C@H]2Cl)s1. The summed E-state index contributed by atoms with van der Waals surface area (Å²) in [6, 6.07) is 9.52. The van der Waals surface area contributed by atoms with E-state index in [1.165, 1.54) is 16.2 Å². The van der Waals surface area contributed by atoms with Gasteiger partial charge >= 0.3 is 5.97 Å². The molecule has 1 fully saturated rings. The van der Waals surface area contributed by atoms with Gasteiger partial charge in [-0.15, -0.1) is 22.9 Å². The van der Waals surface area contributed by atoms with Crippen LogP contribution in [0.2, 0.25) is 10.0 Å². The minimum absolute atomic E-state index is 0.0160. The number of carbonyl (C=O) groups excluding carboxylic acids is 1. The molecular formula is C29H41Cl3NO3S+. The number of nitrogens with zero attached hydrogens (tertiary/aromatic N) is 1. The molecule has 0 unspecified atom stereocenters. The van der Waals surface area contributed by atoms with Crippen LogP contribution < -0.4 is 0 Å². The van der Waals surface area contributed by atoms with Gasteiger partial charge in [0.2, 0.25) is 0 Å². The van der Waals surface area contributed by atoms with E-state index in [0.717, 1.165) is 68.2 Å². The van der Waals surface area contributed by atoms with Crippen molar-refractivity contribution in [2.75, 3.05) is 33.3 Å². The van der Waals surface area contributed by atoms with Crippen LogP contribution in [0, 0.1) is 11.8 Å². The molecule has 4 nitrogen and oxygen atoms in total. The fourth-order valence-electron chi connectivity index (χ4n) is 5.38. The highest BCUT2D eigenvalue weighted by molar-refractivity contribution is 7.13. The lowest BCUT2D eigenvalue weighted by Gasteiger charge is -2.31. The zero-order valence-electron chi connectivity index (χ0n) is 22.2. The normalized spacial score (nSPS) is 21.9. The van der Waals surface area contributed by atoms with E-state index in [9.17, 15) is 9.90 Å². The molecule has 0 radical (unpaired) electrons. The van der Waals surface area contributed by atoms with E-state index in [2.05, 4.69) is 20.9 Å². The molecule has 0 amide bonds. The molecule has 1 aliphatic carbocycles. The van der Waals surface area contributed by atoms with Crippen molar-refractivity contribution >= 4 is 52.1 Å². The van der Waals surface area contributed by atoms with Crippen LogP contribution in [0.25, 0.3) is 0 Å². The van der Waals surface area contributed by atoms with Crippen molar-refractivity contribution in [3.8, 4) is 0 Å². The molecule has 1 N–H and O–H groups in total. The van der Waals surface area contributed by atoms with Gasteiger partial charge in [0, 0.05) is 26.7 Å². The zero-order chi connectivity index (χ0) is 27.0. The Hall–Kier alpha value is -0.820. The summed E-state index contributed by atoms with van der Waals surface area (Å²) in [7, 11) is 2.24. The Labute approximate surface area is 241 Å². The second kappa shape index (κ2) is 14.5. The summed E-state index contributed by atoms with van der Waals surface area (Å²) in [5, 5.41) is 11.9. The Balaban J connectivity index is 1.44. The number of esters is 1. The highest BCUT2D eigenvalue weighted by Crippen LogP contribution is 2.42. The standard InChI is InChI=1S/C29H41Cl3NO3S/c1-4-33(3,5-2)14-7-15-36-29(35)28-13-11-23(37-28)8-6-9-24-25(27(34)19-26(24)32)12-10-20-16-21(30)18-22(31)17-20/h11,13,16-18,24-27,34H,4-10,12,14-15,19H2,1-3H3/q+1/t24-,25-,26-,27-/m1/s1. The molecule has 206 valence electrons. The van der Waals surface area contributed by atoms with E-state index < -0.39 is 0 Å². The van der Waals surface area contributed by atoms with Crippen LogP contribution in [0.3, 0.4) is 0 Å². The number of thiophene rings is 1. The van der Waals surface area contributed by atoms with Gasteiger partial charge in [-0.3, -0.25) is 0 Å². The van der Waals surface area contributed by atoms with Crippen LogP contribution in [-0.2, 0) is 17.6 Å². The molecule has 1 aliphatic rings. The van der Waals surface area contributed by atoms with Gasteiger partial charge in [0.1, 0.15) is 4.88 Å². The van der Waals surface area contributed by atoms with Crippen LogP contribution in [0.4, 0.5) is 0 Å². The Morgan fingerprint density at radius 2 is 1.76 bits per heavy atom. The first-order valence-corrected chi connectivity index (χ1v) is 15.5. The predicted molar refractivity (Wildman–Crippen MR) is 156 cm³/mol. The van der Waals surface area contributed by atoms with Gasteiger partial charge in [-0.1, -0.05) is 23.2 Å². The Bertz CT molecular complexity index is 990. The molecular weight excluding hydrogens is 549 g/mol. The average Bonchev–Trinajstić information content (AvgIpc) is 3.43. The first kappa shape index (κ1) is 30.7. The molecule has 0 saturated heterocycles. The molecule has 0 bridgehead atoms. The highest BCUT2D eigenvalue weighted by Gasteiger charge is 2.40. The number of carbonyl (C=O) groups is 1. The molecule has 1 aromatic carbocycles. The number of quaternary nitrogens is 1. The molecule has 37 heavy (non-hydrogen) atoms. The number of aryl methyl sites for hydroxylation is 2. The van der Waals surface area contributed by atoms with Gasteiger partial charge in [-0.25, -0.2) is 4.79 Å². The highest BCUT2D eigenvalue weighted by atomic mass is 35.5. The third-order valence-electron chi connectivity index (χ3n) is 8.09. The molecule has 0 spiro atoms. The summed E-state index contributed by atoms with van der Waals surface area (Å²) in [4.78, 5) is 14.3. The fraction of sp³-hybridized carbons (Fsp3) is 0.621. The largest absolute Gasteiger partial charge is 0.461 e. The molecule has 4 atom stereocenters. The first-order chi connectivity index (χ1) is 17.6. The Morgan fingerprint density at radius 1 is 1.05 bits per heavy atom. The summed E-state index contributed by atoms with van der Waals surface area (Å²) in [5.74, 6) is 0.209. The van der Waals surface area contributed by atoms with Gasteiger partial charge < -0.3 is 14.3 Å². The van der Waals surface area contributed by atoms with Gasteiger partial charge in [-0.05, 0) is 100 Å². The van der Waals surface area contributed by atoms with Gasteiger partial charge in [-0.2, -0.15) is 0 Å². The molecule has 1 aromatic heterocycles. The number of benzene rings is 1. The maximum Gasteiger partial charge on any atom is 0.348 e. The van der Waals surface area contributed by atoms with Crippen LogP contribution in [-0.4, -0.2) is 60.3 Å². The summed E-state index contributed by atoms with van der Waals surface area (Å²) in [6.07, 6.45) is 5.62. The number of hydrogen-bond donors (Lipinski definition) is 1. The van der Waals surface area contributed by atoms with E-state index in [1.54, 1.807) is 6.07 Å². The number of rotatable bonds is 14. The summed E-state index contributed by atoms with van der Waals surface area (Å²) in [6.45, 7) is 8.04. The summed E-state index contributed by atoms with van der Waals surface area (Å²) >= 11 is 20.5. The minimum Gasteiger partial charge on any atom is -0.461 e. The van der Waals surface area contributed by atoms with Crippen LogP contribution in [0.15, 0.2) is 30.3 Å². The number of aliphatic hydroxyl groups is 1. The molecule has 2 aromatic rings. The van der Waals surface area contributed by atoms with Crippen LogP contribution >= 0.6 is 46.1 Å². The molecule has 3 rings (SSSR count). The molecule has 8 heteroatoms. The van der Waals surface area contributed by atoms with Crippen molar-refractivity contribution in [1.29, 1.82) is 0 Å². The Kier molecular flexibility index (Phi) is 12.1. The summed E-state index contributed by atoms with van der Waals surface area (Å²) < 4.78 is 6.53. The predicted octanol–water partition coefficient (Wildman–Crippen LogP) is 7.65. The monoisotopic (exact) mass is 588 g/mol. The summed E-state index contributed by atoms with van der Waals surface area (Å²) in [5.41, 5.74) is 1.09. The maximum absolute atomic E-state index is 12.5. The molecule has 1 heterocycles. The van der Waals surface area contributed by atoms with E-state index in [0.29, 0.717) is 28.0 Å². The molecule has 0 aliphatic heterocycles. The van der Waals surface area contributed by atoms with Gasteiger partial charge in [0.15, 0.2) is 0 Å². The average molecular weight is 590 g/mol. The van der Waals surface area contributed by atoms with E-state index in [4.69, 9.17) is 39.5 Å². The van der Waals surface area contributed by atoms with E-state index in [-0.39, 0.29) is 29.3 Å². The maximum atomic E-state index is 12.5. The van der Waals surface area contributed by atoms with E-state index in [1.807, 2.05) is 24.3 Å². The lowest BCUT2D eigenvalue weighted by Crippen LogP contribution is -2.44. The number of hydrogen-bond acceptors (Lipinski definition) is 4. The van der Waals surface area contributed by atoms with Crippen molar-refractivity contribution in [1.82, 2.24) is 0 Å². The lowest BCUT2D eigenvalue weighted by molar-refractivity contribution is -0.906. The van der Waals surface area contributed by atoms with Crippen LogP contribution in [0.1, 0.15) is 66.1 Å². The smallest absolute Gasteiger partial charge is 0.348 e. The number of aliphatic hydroxyl groups excluding tert-OH is 1. The minimum atomic E-state index is -0.378. The number of halogens is 3. The lowest BCUT2D eigenvalue weighted by atomic mass is 9.85. The topological polar surface area (TPSA) is 46.5 Å². The number of ether oxygens (including phenoxy) is 1. The third kappa shape index (κ3) is 9.12. The quantitative estimate of drug-likeness (QED) is 0.107. The van der Waals surface area contributed by atoms with Crippen molar-refractivity contribution in [2.24, 2.45) is 11.8 Å². The van der Waals surface area contributed by atoms with Crippen LogP contribution in [0.5, 0.6) is 0 Å². The van der Waals surface area contributed by atoms with Gasteiger partial charge in [0.25, 0.3) is 0 Å². The first-order valence-electron chi connectivity index (χ1n) is 13.5. The zero-order valence-corrected chi connectivity index (χ0v) is 25.3. The van der Waals surface area contributed by atoms with Crippen molar-refractivity contribution in [3.63, 3.8) is 0 Å². The fourth-order valence-corrected chi connectivity index (χ4v) is 7.39. The second-order valence-corrected chi connectivity index (χ2v) is 13.2. The van der Waals surface area contributed by atoms with Crippen molar-refractivity contribution in [3.05, 3.63) is 55.7 Å².